The van der Waals surface area contributed by atoms with Crippen molar-refractivity contribution >= 4 is 7.82 Å². The molecule has 0 aromatic rings. The average Bonchev–Trinajstić information content (AvgIpc) is 1.98. The van der Waals surface area contributed by atoms with Gasteiger partial charge in [-0.15, -0.1) is 0 Å². The summed E-state index contributed by atoms with van der Waals surface area (Å²) < 4.78 is 8.55. The minimum atomic E-state index is -5.39. The first-order valence-corrected chi connectivity index (χ1v) is 5.92. The van der Waals surface area contributed by atoms with Crippen LogP contribution >= 0.6 is 7.82 Å². The van der Waals surface area contributed by atoms with E-state index in [1.165, 1.54) is 12.0 Å². The van der Waals surface area contributed by atoms with Crippen molar-refractivity contribution in [2.24, 2.45) is 5.92 Å². The van der Waals surface area contributed by atoms with Gasteiger partial charge in [0.2, 0.25) is 0 Å². The zero-order valence-electron chi connectivity index (χ0n) is 9.36. The van der Waals surface area contributed by atoms with Crippen LogP contribution in [-0.4, -0.2) is 0 Å². The summed E-state index contributed by atoms with van der Waals surface area (Å²) in [6.07, 6.45) is 1.26. The number of hydrogen-bond acceptors (Lipinski definition) is 4. The molecule has 0 heterocycles. The maximum atomic E-state index is 8.55. The van der Waals surface area contributed by atoms with Gasteiger partial charge < -0.3 is 19.2 Å². The Kier molecular flexibility index (Phi) is 8.36. The highest BCUT2D eigenvalue weighted by Crippen LogP contribution is 2.16. The molecular weight excluding hydrogens is 203 g/mol. The second kappa shape index (κ2) is 7.18. The Labute approximate surface area is 85.9 Å². The van der Waals surface area contributed by atoms with E-state index < -0.39 is 7.82 Å². The van der Waals surface area contributed by atoms with Gasteiger partial charge in [0.05, 0.1) is 0 Å². The minimum absolute atomic E-state index is 0.773. The van der Waals surface area contributed by atoms with Gasteiger partial charge in [0.25, 0.3) is 0 Å². The van der Waals surface area contributed by atoms with E-state index in [1.807, 2.05) is 0 Å². The average molecular weight is 221 g/mol. The highest BCUT2D eigenvalue weighted by molar-refractivity contribution is 7.40. The molecule has 0 saturated heterocycles. The fourth-order valence-corrected chi connectivity index (χ4v) is 0.799. The Morgan fingerprint density at radius 3 is 1.57 bits per heavy atom. The van der Waals surface area contributed by atoms with Crippen molar-refractivity contribution < 1.29 is 19.2 Å². The van der Waals surface area contributed by atoms with Gasteiger partial charge in [0.1, 0.15) is 0 Å². The molecule has 5 heteroatoms. The molecule has 0 aromatic heterocycles. The normalized spacial score (nSPS) is 12.6. The summed E-state index contributed by atoms with van der Waals surface area (Å²) in [5.74, 6) is 0.773. The lowest BCUT2D eigenvalue weighted by atomic mass is 9.97. The number of phosphoric acid groups is 1. The third kappa shape index (κ3) is 14.4. The van der Waals surface area contributed by atoms with Crippen molar-refractivity contribution in [1.82, 2.24) is 0 Å². The highest BCUT2D eigenvalue weighted by Gasteiger charge is 2.00. The Morgan fingerprint density at radius 1 is 1.21 bits per heavy atom. The van der Waals surface area contributed by atoms with Gasteiger partial charge in [-0.1, -0.05) is 25.0 Å². The van der Waals surface area contributed by atoms with E-state index in [1.54, 1.807) is 5.57 Å². The summed E-state index contributed by atoms with van der Waals surface area (Å²) in [6.45, 7) is 11.1. The maximum Gasteiger partial charge on any atom is -0.0235 e. The summed E-state index contributed by atoms with van der Waals surface area (Å²) in [7, 11) is -5.39. The molecule has 14 heavy (non-hydrogen) atoms. The molecule has 0 bridgehead atoms. The first kappa shape index (κ1) is 16.3. The van der Waals surface area contributed by atoms with E-state index in [9.17, 15) is 0 Å². The Balaban J connectivity index is 0. The molecule has 0 fully saturated rings. The van der Waals surface area contributed by atoms with E-state index in [-0.39, 0.29) is 0 Å². The Morgan fingerprint density at radius 2 is 1.50 bits per heavy atom. The molecule has 4 nitrogen and oxygen atoms in total. The summed E-state index contributed by atoms with van der Waals surface area (Å²) in [5, 5.41) is 0. The summed E-state index contributed by atoms with van der Waals surface area (Å²) in [4.78, 5) is 25.6. The monoisotopic (exact) mass is 221 g/mol. The van der Waals surface area contributed by atoms with Crippen LogP contribution in [0.3, 0.4) is 0 Å². The minimum Gasteiger partial charge on any atom is -0.822 e. The standard InChI is InChI=1S/C9H18.H3O4P/c1-6-8(4)9(5)7(2)3;1-5(2,3)4/h8H,6H2,1-5H3;(H3,1,2,3,4)/p-3. The topological polar surface area (TPSA) is 86.2 Å². The maximum absolute atomic E-state index is 8.55. The Hall–Kier alpha value is -0.150. The molecule has 0 aromatic carbocycles. The molecule has 0 N–H and O–H groups in total. The Bertz CT molecular complexity index is 217. The number of rotatable bonds is 2. The molecule has 0 saturated carbocycles. The second-order valence-electron chi connectivity index (χ2n) is 3.44. The smallest absolute Gasteiger partial charge is 0.0235 e. The van der Waals surface area contributed by atoms with Gasteiger partial charge in [-0.05, 0) is 33.1 Å². The van der Waals surface area contributed by atoms with E-state index in [0.29, 0.717) is 0 Å². The van der Waals surface area contributed by atoms with Crippen LogP contribution in [0.1, 0.15) is 41.0 Å². The molecule has 0 spiro atoms. The van der Waals surface area contributed by atoms with Gasteiger partial charge >= 0.3 is 0 Å². The van der Waals surface area contributed by atoms with Crippen LogP contribution in [-0.2, 0) is 4.57 Å². The van der Waals surface area contributed by atoms with Crippen molar-refractivity contribution in [1.29, 1.82) is 0 Å². The van der Waals surface area contributed by atoms with Crippen LogP contribution < -0.4 is 14.7 Å². The van der Waals surface area contributed by atoms with E-state index >= 15 is 0 Å². The SMILES string of the molecule is CCC(C)C(C)=C(C)C.O=P([O-])([O-])[O-]. The number of allylic oxidation sites excluding steroid dienone is 2. The van der Waals surface area contributed by atoms with Gasteiger partial charge in [0, 0.05) is 0 Å². The highest BCUT2D eigenvalue weighted by atomic mass is 31.2. The first-order valence-electron chi connectivity index (χ1n) is 4.46. The molecule has 0 aliphatic carbocycles. The molecule has 1 unspecified atom stereocenters. The predicted molar refractivity (Wildman–Crippen MR) is 51.1 cm³/mol. The van der Waals surface area contributed by atoms with Crippen LogP contribution in [0.2, 0.25) is 0 Å². The fourth-order valence-electron chi connectivity index (χ4n) is 0.799. The van der Waals surface area contributed by atoms with Gasteiger partial charge in [-0.3, -0.25) is 0 Å². The van der Waals surface area contributed by atoms with Crippen LogP contribution in [0, 0.1) is 5.92 Å². The fraction of sp³-hybridized carbons (Fsp3) is 0.778. The third-order valence-electron chi connectivity index (χ3n) is 2.14. The molecule has 0 rings (SSSR count). The third-order valence-corrected chi connectivity index (χ3v) is 2.14. The van der Waals surface area contributed by atoms with Crippen LogP contribution in [0.15, 0.2) is 11.1 Å². The second-order valence-corrected chi connectivity index (χ2v) is 4.33. The van der Waals surface area contributed by atoms with Crippen molar-refractivity contribution in [2.75, 3.05) is 0 Å². The molecular formula is C9H18O4P-3. The van der Waals surface area contributed by atoms with Crippen LogP contribution in [0.4, 0.5) is 0 Å². The van der Waals surface area contributed by atoms with Crippen molar-refractivity contribution in [2.45, 2.75) is 41.0 Å². The van der Waals surface area contributed by atoms with E-state index in [4.69, 9.17) is 19.2 Å². The molecule has 1 atom stereocenters. The van der Waals surface area contributed by atoms with Gasteiger partial charge in [0.15, 0.2) is 0 Å². The van der Waals surface area contributed by atoms with Crippen molar-refractivity contribution in [3.05, 3.63) is 11.1 Å². The van der Waals surface area contributed by atoms with Crippen molar-refractivity contribution in [3.63, 3.8) is 0 Å². The molecule has 0 amide bonds. The lowest BCUT2D eigenvalue weighted by molar-refractivity contribution is -0.432. The lowest BCUT2D eigenvalue weighted by Gasteiger charge is -2.36. The summed E-state index contributed by atoms with van der Waals surface area (Å²) in [6, 6.07) is 0. The predicted octanol–water partition coefficient (Wildman–Crippen LogP) is 0.564. The summed E-state index contributed by atoms with van der Waals surface area (Å²) >= 11 is 0. The molecule has 0 aliphatic rings. The van der Waals surface area contributed by atoms with Crippen LogP contribution in [0.5, 0.6) is 0 Å². The lowest BCUT2D eigenvalue weighted by Crippen LogP contribution is -2.24. The molecule has 86 valence electrons. The summed E-state index contributed by atoms with van der Waals surface area (Å²) in [5.41, 5.74) is 3.03. The quantitative estimate of drug-likeness (QED) is 0.503. The van der Waals surface area contributed by atoms with Gasteiger partial charge in [-0.25, -0.2) is 0 Å². The van der Waals surface area contributed by atoms with Crippen LogP contribution in [0.25, 0.3) is 0 Å². The zero-order valence-corrected chi connectivity index (χ0v) is 10.3. The first-order chi connectivity index (χ1) is 6.09. The molecule has 0 radical (unpaired) electrons. The number of hydrogen-bond donors (Lipinski definition) is 0. The van der Waals surface area contributed by atoms with E-state index in [0.717, 1.165) is 5.92 Å². The zero-order chi connectivity index (χ0) is 11.9. The molecule has 0 aliphatic heterocycles. The van der Waals surface area contributed by atoms with Gasteiger partial charge in [-0.2, -0.15) is 7.82 Å². The van der Waals surface area contributed by atoms with E-state index in [2.05, 4.69) is 34.6 Å². The van der Waals surface area contributed by atoms with Crippen molar-refractivity contribution in [3.8, 4) is 0 Å². The largest absolute Gasteiger partial charge is 0.822 e.